The van der Waals surface area contributed by atoms with Gasteiger partial charge in [-0.05, 0) is 122 Å². The standard InChI is InChI=1S/C36H34N2O6S/c1-22-17-23(2)31(24(3)18-22)21-44-32-16-7-25(20-33(32)43-6)19-30-34(39)37(26-8-12-28(41-4)13-9-26)36(45)38(35(30)40)27-10-14-29(42-5)15-11-27/h7-20H,21H2,1-6H3. The molecule has 5 rings (SSSR count). The average molecular weight is 623 g/mol. The number of ether oxygens (including phenoxy) is 4. The fourth-order valence-electron chi connectivity index (χ4n) is 5.29. The van der Waals surface area contributed by atoms with Crippen LogP contribution in [0.2, 0.25) is 0 Å². The highest BCUT2D eigenvalue weighted by atomic mass is 32.1. The number of benzene rings is 4. The molecule has 4 aromatic rings. The third-order valence-corrected chi connectivity index (χ3v) is 7.99. The lowest BCUT2D eigenvalue weighted by atomic mass is 10.0. The van der Waals surface area contributed by atoms with Gasteiger partial charge in [0.25, 0.3) is 11.8 Å². The first kappa shape index (κ1) is 31.3. The normalized spacial score (nSPS) is 13.2. The fraction of sp³-hybridized carbons (Fsp3) is 0.194. The second-order valence-corrected chi connectivity index (χ2v) is 11.0. The molecule has 0 saturated carbocycles. The Morgan fingerprint density at radius 3 is 1.64 bits per heavy atom. The highest BCUT2D eigenvalue weighted by Crippen LogP contribution is 2.34. The molecule has 230 valence electrons. The second-order valence-electron chi connectivity index (χ2n) is 10.6. The van der Waals surface area contributed by atoms with Crippen LogP contribution in [0.25, 0.3) is 6.08 Å². The minimum absolute atomic E-state index is 0.0282. The van der Waals surface area contributed by atoms with Gasteiger partial charge in [-0.2, -0.15) is 0 Å². The number of carbonyl (C=O) groups excluding carboxylic acids is 2. The molecule has 1 aliphatic heterocycles. The number of carbonyl (C=O) groups is 2. The monoisotopic (exact) mass is 622 g/mol. The first-order chi connectivity index (χ1) is 21.6. The summed E-state index contributed by atoms with van der Waals surface area (Å²) in [6.07, 6.45) is 1.54. The number of anilines is 2. The van der Waals surface area contributed by atoms with E-state index in [1.807, 2.05) is 0 Å². The molecule has 9 heteroatoms. The van der Waals surface area contributed by atoms with Gasteiger partial charge >= 0.3 is 0 Å². The Kier molecular flexibility index (Phi) is 9.20. The van der Waals surface area contributed by atoms with E-state index in [4.69, 9.17) is 31.2 Å². The van der Waals surface area contributed by atoms with E-state index in [0.717, 1.165) is 16.7 Å². The molecular weight excluding hydrogens is 588 g/mol. The lowest BCUT2D eigenvalue weighted by Crippen LogP contribution is -2.56. The molecule has 0 radical (unpaired) electrons. The molecule has 0 atom stereocenters. The van der Waals surface area contributed by atoms with Crippen molar-refractivity contribution in [2.24, 2.45) is 0 Å². The number of hydrogen-bond acceptors (Lipinski definition) is 7. The van der Waals surface area contributed by atoms with Gasteiger partial charge in [-0.25, -0.2) is 0 Å². The van der Waals surface area contributed by atoms with Crippen LogP contribution in [-0.2, 0) is 16.2 Å². The van der Waals surface area contributed by atoms with Gasteiger partial charge in [0, 0.05) is 0 Å². The predicted octanol–water partition coefficient (Wildman–Crippen LogP) is 6.96. The number of methoxy groups -OCH3 is 3. The van der Waals surface area contributed by atoms with Crippen molar-refractivity contribution in [2.75, 3.05) is 31.1 Å². The molecule has 1 fully saturated rings. The van der Waals surface area contributed by atoms with Crippen LogP contribution in [-0.4, -0.2) is 38.3 Å². The summed E-state index contributed by atoms with van der Waals surface area (Å²) in [4.78, 5) is 30.6. The molecule has 0 bridgehead atoms. The predicted molar refractivity (Wildman–Crippen MR) is 180 cm³/mol. The van der Waals surface area contributed by atoms with E-state index in [1.54, 1.807) is 94.1 Å². The van der Waals surface area contributed by atoms with Gasteiger partial charge in [0.15, 0.2) is 16.6 Å². The summed E-state index contributed by atoms with van der Waals surface area (Å²) in [6, 6.07) is 23.3. The SMILES string of the molecule is COc1ccc(N2C(=O)C(=Cc3ccc(OCc4c(C)cc(C)cc4C)c(OC)c3)C(=O)N(c3ccc(OC)cc3)C2=S)cc1. The Labute approximate surface area is 268 Å². The van der Waals surface area contributed by atoms with E-state index in [9.17, 15) is 9.59 Å². The Bertz CT molecular complexity index is 1700. The first-order valence-corrected chi connectivity index (χ1v) is 14.7. The molecule has 1 heterocycles. The Balaban J connectivity index is 1.52. The fourth-order valence-corrected chi connectivity index (χ4v) is 5.67. The number of rotatable bonds is 9. The highest BCUT2D eigenvalue weighted by Gasteiger charge is 2.41. The smallest absolute Gasteiger partial charge is 0.270 e. The zero-order valence-electron chi connectivity index (χ0n) is 26.0. The van der Waals surface area contributed by atoms with Crippen LogP contribution in [0.4, 0.5) is 11.4 Å². The summed E-state index contributed by atoms with van der Waals surface area (Å²) in [6.45, 7) is 6.58. The van der Waals surface area contributed by atoms with E-state index in [-0.39, 0.29) is 10.7 Å². The zero-order chi connectivity index (χ0) is 32.2. The maximum absolute atomic E-state index is 14.0. The molecule has 1 aliphatic rings. The molecule has 8 nitrogen and oxygen atoms in total. The maximum atomic E-state index is 14.0. The van der Waals surface area contributed by atoms with Crippen molar-refractivity contribution in [3.8, 4) is 23.0 Å². The number of nitrogens with zero attached hydrogens (tertiary/aromatic N) is 2. The van der Waals surface area contributed by atoms with Gasteiger partial charge in [0.2, 0.25) is 0 Å². The van der Waals surface area contributed by atoms with Crippen LogP contribution < -0.4 is 28.7 Å². The molecular formula is C36H34N2O6S. The molecule has 2 amide bonds. The molecule has 4 aromatic carbocycles. The summed E-state index contributed by atoms with van der Waals surface area (Å²) >= 11 is 5.74. The van der Waals surface area contributed by atoms with E-state index in [2.05, 4.69) is 32.9 Å². The van der Waals surface area contributed by atoms with Crippen LogP contribution in [0.5, 0.6) is 23.0 Å². The minimum atomic E-state index is -0.551. The van der Waals surface area contributed by atoms with Crippen LogP contribution >= 0.6 is 12.2 Å². The van der Waals surface area contributed by atoms with Crippen molar-refractivity contribution < 1.29 is 28.5 Å². The van der Waals surface area contributed by atoms with Crippen molar-refractivity contribution in [3.63, 3.8) is 0 Å². The van der Waals surface area contributed by atoms with E-state index in [1.165, 1.54) is 15.4 Å². The molecule has 0 aliphatic carbocycles. The van der Waals surface area contributed by atoms with Crippen LogP contribution in [0.15, 0.2) is 84.4 Å². The Morgan fingerprint density at radius 2 is 1.18 bits per heavy atom. The minimum Gasteiger partial charge on any atom is -0.497 e. The zero-order valence-corrected chi connectivity index (χ0v) is 26.9. The van der Waals surface area contributed by atoms with Crippen molar-refractivity contribution >= 4 is 46.6 Å². The molecule has 0 unspecified atom stereocenters. The van der Waals surface area contributed by atoms with Crippen LogP contribution in [0.1, 0.15) is 27.8 Å². The summed E-state index contributed by atoms with van der Waals surface area (Å²) < 4.78 is 22.4. The lowest BCUT2D eigenvalue weighted by molar-refractivity contribution is -0.120. The summed E-state index contributed by atoms with van der Waals surface area (Å²) in [7, 11) is 4.67. The third kappa shape index (κ3) is 6.39. The van der Waals surface area contributed by atoms with Gasteiger partial charge in [0.05, 0.1) is 32.7 Å². The third-order valence-electron chi connectivity index (χ3n) is 7.62. The average Bonchev–Trinajstić information content (AvgIpc) is 3.03. The van der Waals surface area contributed by atoms with Gasteiger partial charge in [0.1, 0.15) is 23.7 Å². The highest BCUT2D eigenvalue weighted by molar-refractivity contribution is 7.81. The van der Waals surface area contributed by atoms with Gasteiger partial charge in [-0.1, -0.05) is 23.8 Å². The number of amides is 2. The van der Waals surface area contributed by atoms with Crippen molar-refractivity contribution in [3.05, 3.63) is 112 Å². The summed E-state index contributed by atoms with van der Waals surface area (Å²) in [5, 5.41) is 0.0282. The van der Waals surface area contributed by atoms with E-state index in [0.29, 0.717) is 46.5 Å². The van der Waals surface area contributed by atoms with Gasteiger partial charge in [-0.3, -0.25) is 19.4 Å². The lowest BCUT2D eigenvalue weighted by Gasteiger charge is -2.36. The largest absolute Gasteiger partial charge is 0.497 e. The van der Waals surface area contributed by atoms with E-state index < -0.39 is 11.8 Å². The first-order valence-electron chi connectivity index (χ1n) is 14.3. The van der Waals surface area contributed by atoms with Gasteiger partial charge < -0.3 is 18.9 Å². The molecule has 0 N–H and O–H groups in total. The number of hydrogen-bond donors (Lipinski definition) is 0. The Morgan fingerprint density at radius 1 is 0.667 bits per heavy atom. The van der Waals surface area contributed by atoms with Crippen molar-refractivity contribution in [2.45, 2.75) is 27.4 Å². The topological polar surface area (TPSA) is 77.5 Å². The van der Waals surface area contributed by atoms with E-state index >= 15 is 0 Å². The summed E-state index contributed by atoms with van der Waals surface area (Å²) in [5.41, 5.74) is 6.11. The number of aryl methyl sites for hydroxylation is 3. The summed E-state index contributed by atoms with van der Waals surface area (Å²) in [5.74, 6) is 1.15. The maximum Gasteiger partial charge on any atom is 0.270 e. The molecule has 0 spiro atoms. The van der Waals surface area contributed by atoms with Crippen LogP contribution in [0, 0.1) is 20.8 Å². The second kappa shape index (κ2) is 13.2. The van der Waals surface area contributed by atoms with Crippen LogP contribution in [0.3, 0.4) is 0 Å². The number of thiocarbonyl (C=S) groups is 1. The Hall–Kier alpha value is -5.15. The molecule has 1 saturated heterocycles. The van der Waals surface area contributed by atoms with Crippen molar-refractivity contribution in [1.29, 1.82) is 0 Å². The van der Waals surface area contributed by atoms with Gasteiger partial charge in [-0.15, -0.1) is 0 Å². The molecule has 45 heavy (non-hydrogen) atoms. The molecule has 0 aromatic heterocycles. The van der Waals surface area contributed by atoms with Crippen molar-refractivity contribution in [1.82, 2.24) is 0 Å². The quantitative estimate of drug-likeness (QED) is 0.113.